The van der Waals surface area contributed by atoms with Crippen molar-refractivity contribution in [2.75, 3.05) is 32.1 Å². The molecule has 1 aliphatic carbocycles. The fraction of sp³-hybridized carbons (Fsp3) is 0.478. The standard InChI is InChI=1S/C23H30FN2/c1-26(2)13-6-5-12-23(26)17-25(21-11-7-10-20(24)16-21)22-14-18-8-3-4-9-19(18)15-22/h3-4,7-11,16,22-23H,5-6,12-15,17H2,1-2H3/q+1. The van der Waals surface area contributed by atoms with Crippen molar-refractivity contribution >= 4 is 5.69 Å². The molecule has 1 aliphatic heterocycles. The van der Waals surface area contributed by atoms with Crippen LogP contribution in [0.3, 0.4) is 0 Å². The van der Waals surface area contributed by atoms with E-state index in [0.29, 0.717) is 12.1 Å². The maximum Gasteiger partial charge on any atom is 0.125 e. The molecule has 1 fully saturated rings. The highest BCUT2D eigenvalue weighted by molar-refractivity contribution is 5.50. The van der Waals surface area contributed by atoms with Gasteiger partial charge in [-0.05, 0) is 55.0 Å². The Bertz CT molecular complexity index is 745. The second kappa shape index (κ2) is 7.03. The molecule has 4 rings (SSSR count). The Labute approximate surface area is 156 Å². The normalized spacial score (nSPS) is 22.2. The number of piperidine rings is 1. The van der Waals surface area contributed by atoms with E-state index in [1.54, 1.807) is 12.1 Å². The average molecular weight is 354 g/mol. The summed E-state index contributed by atoms with van der Waals surface area (Å²) in [6, 6.07) is 17.0. The molecule has 0 bridgehead atoms. The molecule has 3 heteroatoms. The van der Waals surface area contributed by atoms with Crippen LogP contribution in [0.4, 0.5) is 10.1 Å². The summed E-state index contributed by atoms with van der Waals surface area (Å²) in [7, 11) is 4.72. The highest BCUT2D eigenvalue weighted by Gasteiger charge is 2.36. The third-order valence-electron chi connectivity index (χ3n) is 6.53. The fourth-order valence-corrected chi connectivity index (χ4v) is 4.85. The van der Waals surface area contributed by atoms with Gasteiger partial charge in [-0.3, -0.25) is 0 Å². The van der Waals surface area contributed by atoms with Crippen LogP contribution in [-0.2, 0) is 12.8 Å². The van der Waals surface area contributed by atoms with E-state index in [0.717, 1.165) is 29.6 Å². The Morgan fingerprint density at radius 1 is 1.00 bits per heavy atom. The van der Waals surface area contributed by atoms with Crippen LogP contribution in [0, 0.1) is 5.82 Å². The summed E-state index contributed by atoms with van der Waals surface area (Å²) < 4.78 is 15.1. The van der Waals surface area contributed by atoms with Crippen molar-refractivity contribution in [2.45, 2.75) is 44.2 Å². The van der Waals surface area contributed by atoms with Gasteiger partial charge in [-0.25, -0.2) is 4.39 Å². The molecule has 2 nitrogen and oxygen atoms in total. The van der Waals surface area contributed by atoms with Gasteiger partial charge in [0.25, 0.3) is 0 Å². The van der Waals surface area contributed by atoms with E-state index >= 15 is 0 Å². The lowest BCUT2D eigenvalue weighted by Gasteiger charge is -2.45. The maximum atomic E-state index is 14.0. The molecule has 1 unspecified atom stereocenters. The Hall–Kier alpha value is -1.87. The molecule has 0 N–H and O–H groups in total. The molecular formula is C23H30FN2+. The molecule has 0 amide bonds. The van der Waals surface area contributed by atoms with Gasteiger partial charge in [0.2, 0.25) is 0 Å². The number of rotatable bonds is 4. The summed E-state index contributed by atoms with van der Waals surface area (Å²) in [6.07, 6.45) is 6.02. The van der Waals surface area contributed by atoms with Crippen LogP contribution in [0.1, 0.15) is 30.4 Å². The van der Waals surface area contributed by atoms with Crippen molar-refractivity contribution in [3.63, 3.8) is 0 Å². The molecule has 0 saturated carbocycles. The number of likely N-dealkylation sites (tertiary alicyclic amines) is 1. The lowest BCUT2D eigenvalue weighted by Crippen LogP contribution is -2.57. The number of anilines is 1. The number of quaternary nitrogens is 1. The molecular weight excluding hydrogens is 323 g/mol. The van der Waals surface area contributed by atoms with Gasteiger partial charge < -0.3 is 9.38 Å². The third kappa shape index (κ3) is 3.50. The maximum absolute atomic E-state index is 14.0. The summed E-state index contributed by atoms with van der Waals surface area (Å²) in [5.74, 6) is -0.139. The number of fused-ring (bicyclic) bond motifs is 1. The van der Waals surface area contributed by atoms with Crippen LogP contribution in [0.25, 0.3) is 0 Å². The average Bonchev–Trinajstić information content (AvgIpc) is 3.04. The second-order valence-corrected chi connectivity index (χ2v) is 8.61. The van der Waals surface area contributed by atoms with Crippen molar-refractivity contribution in [3.05, 3.63) is 65.5 Å². The first-order valence-electron chi connectivity index (χ1n) is 9.94. The Balaban J connectivity index is 1.62. The second-order valence-electron chi connectivity index (χ2n) is 8.61. The van der Waals surface area contributed by atoms with Crippen molar-refractivity contribution < 1.29 is 8.87 Å². The van der Waals surface area contributed by atoms with Gasteiger partial charge in [-0.15, -0.1) is 0 Å². The molecule has 1 heterocycles. The van der Waals surface area contributed by atoms with Crippen LogP contribution in [0.5, 0.6) is 0 Å². The van der Waals surface area contributed by atoms with E-state index in [9.17, 15) is 4.39 Å². The van der Waals surface area contributed by atoms with Crippen LogP contribution in [0.2, 0.25) is 0 Å². The number of hydrogen-bond acceptors (Lipinski definition) is 1. The zero-order valence-corrected chi connectivity index (χ0v) is 16.0. The first-order chi connectivity index (χ1) is 12.5. The van der Waals surface area contributed by atoms with E-state index < -0.39 is 0 Å². The number of hydrogen-bond donors (Lipinski definition) is 0. The molecule has 138 valence electrons. The van der Waals surface area contributed by atoms with Gasteiger partial charge in [0.1, 0.15) is 11.9 Å². The highest BCUT2D eigenvalue weighted by atomic mass is 19.1. The predicted octanol–water partition coefficient (Wildman–Crippen LogP) is 4.43. The zero-order chi connectivity index (χ0) is 18.1. The van der Waals surface area contributed by atoms with Crippen molar-refractivity contribution in [1.82, 2.24) is 0 Å². The molecule has 1 atom stereocenters. The van der Waals surface area contributed by atoms with Crippen molar-refractivity contribution in [1.29, 1.82) is 0 Å². The minimum atomic E-state index is -0.139. The molecule has 0 aromatic heterocycles. The van der Waals surface area contributed by atoms with E-state index in [-0.39, 0.29) is 5.82 Å². The quantitative estimate of drug-likeness (QED) is 0.735. The molecule has 26 heavy (non-hydrogen) atoms. The van der Waals surface area contributed by atoms with E-state index in [4.69, 9.17) is 0 Å². The van der Waals surface area contributed by atoms with Gasteiger partial charge in [0.15, 0.2) is 0 Å². The molecule has 0 radical (unpaired) electrons. The van der Waals surface area contributed by atoms with Crippen molar-refractivity contribution in [3.8, 4) is 0 Å². The Morgan fingerprint density at radius 3 is 2.38 bits per heavy atom. The molecule has 2 aromatic rings. The number of halogens is 1. The van der Waals surface area contributed by atoms with E-state index in [2.05, 4.69) is 49.3 Å². The minimum Gasteiger partial charge on any atom is -0.362 e. The summed E-state index contributed by atoms with van der Waals surface area (Å²) >= 11 is 0. The molecule has 0 spiro atoms. The lowest BCUT2D eigenvalue weighted by molar-refractivity contribution is -0.918. The van der Waals surface area contributed by atoms with Gasteiger partial charge in [0, 0.05) is 18.2 Å². The molecule has 1 saturated heterocycles. The predicted molar refractivity (Wildman–Crippen MR) is 106 cm³/mol. The summed E-state index contributed by atoms with van der Waals surface area (Å²) in [5.41, 5.74) is 3.95. The Kier molecular flexibility index (Phi) is 4.74. The van der Waals surface area contributed by atoms with Crippen LogP contribution in [-0.4, -0.2) is 43.8 Å². The van der Waals surface area contributed by atoms with Gasteiger partial charge in [-0.1, -0.05) is 30.3 Å². The highest BCUT2D eigenvalue weighted by Crippen LogP contribution is 2.32. The van der Waals surface area contributed by atoms with Crippen LogP contribution >= 0.6 is 0 Å². The molecule has 2 aliphatic rings. The largest absolute Gasteiger partial charge is 0.362 e. The lowest BCUT2D eigenvalue weighted by atomic mass is 9.98. The smallest absolute Gasteiger partial charge is 0.125 e. The topological polar surface area (TPSA) is 3.24 Å². The van der Waals surface area contributed by atoms with Crippen LogP contribution in [0.15, 0.2) is 48.5 Å². The monoisotopic (exact) mass is 353 g/mol. The summed E-state index contributed by atoms with van der Waals surface area (Å²) in [6.45, 7) is 2.25. The first kappa shape index (κ1) is 17.5. The zero-order valence-electron chi connectivity index (χ0n) is 16.0. The van der Waals surface area contributed by atoms with E-state index in [1.165, 1.54) is 36.9 Å². The SMILES string of the molecule is C[N+]1(C)CCCCC1CN(c1cccc(F)c1)C1Cc2ccccc2C1. The van der Waals surface area contributed by atoms with Gasteiger partial charge >= 0.3 is 0 Å². The van der Waals surface area contributed by atoms with Gasteiger partial charge in [-0.2, -0.15) is 0 Å². The number of benzene rings is 2. The van der Waals surface area contributed by atoms with Crippen molar-refractivity contribution in [2.24, 2.45) is 0 Å². The molecule has 2 aromatic carbocycles. The number of likely N-dealkylation sites (N-methyl/N-ethyl adjacent to an activating group) is 1. The fourth-order valence-electron chi connectivity index (χ4n) is 4.85. The first-order valence-corrected chi connectivity index (χ1v) is 9.94. The van der Waals surface area contributed by atoms with E-state index in [1.807, 2.05) is 6.07 Å². The third-order valence-corrected chi connectivity index (χ3v) is 6.53. The summed E-state index contributed by atoms with van der Waals surface area (Å²) in [5, 5.41) is 0. The minimum absolute atomic E-state index is 0.139. The number of nitrogens with zero attached hydrogens (tertiary/aromatic N) is 2. The summed E-state index contributed by atoms with van der Waals surface area (Å²) in [4.78, 5) is 2.50. The van der Waals surface area contributed by atoms with Gasteiger partial charge in [0.05, 0.1) is 27.2 Å². The Morgan fingerprint density at radius 2 is 1.73 bits per heavy atom. The van der Waals surface area contributed by atoms with Crippen LogP contribution < -0.4 is 4.90 Å².